The van der Waals surface area contributed by atoms with E-state index in [2.05, 4.69) is 10.6 Å². The largest absolute Gasteiger partial charge is 0.497 e. The van der Waals surface area contributed by atoms with Crippen LogP contribution in [0.2, 0.25) is 5.02 Å². The van der Waals surface area contributed by atoms with E-state index in [0.717, 1.165) is 6.54 Å². The van der Waals surface area contributed by atoms with Gasteiger partial charge in [0, 0.05) is 6.07 Å². The van der Waals surface area contributed by atoms with E-state index < -0.39 is 0 Å². The highest BCUT2D eigenvalue weighted by Gasteiger charge is 2.06. The second kappa shape index (κ2) is 6.35. The normalized spacial score (nSPS) is 9.94. The molecule has 1 amide bonds. The van der Waals surface area contributed by atoms with Crippen LogP contribution in [0.5, 0.6) is 5.75 Å². The predicted molar refractivity (Wildman–Crippen MR) is 65.2 cm³/mol. The number of amides is 1. The second-order valence-corrected chi connectivity index (χ2v) is 3.58. The van der Waals surface area contributed by atoms with Crippen LogP contribution in [0.1, 0.15) is 6.92 Å². The number of benzene rings is 1. The number of ether oxygens (including phenoxy) is 1. The minimum absolute atomic E-state index is 0.128. The SMILES string of the molecule is CCNCC(=O)Nc1cc(OC)ccc1Cl. The average Bonchev–Trinajstić information content (AvgIpc) is 2.29. The molecule has 0 atom stereocenters. The molecule has 0 bridgehead atoms. The first kappa shape index (κ1) is 12.8. The van der Waals surface area contributed by atoms with Crippen molar-refractivity contribution in [3.8, 4) is 5.75 Å². The van der Waals surface area contributed by atoms with Crippen molar-refractivity contribution in [3.05, 3.63) is 23.2 Å². The fourth-order valence-corrected chi connectivity index (χ4v) is 1.32. The number of halogens is 1. The number of carbonyl (C=O) groups is 1. The van der Waals surface area contributed by atoms with Crippen LogP contribution in [0.15, 0.2) is 18.2 Å². The summed E-state index contributed by atoms with van der Waals surface area (Å²) in [6, 6.07) is 5.11. The molecule has 88 valence electrons. The van der Waals surface area contributed by atoms with E-state index in [1.54, 1.807) is 25.3 Å². The van der Waals surface area contributed by atoms with E-state index in [1.165, 1.54) is 0 Å². The third kappa shape index (κ3) is 3.72. The van der Waals surface area contributed by atoms with Gasteiger partial charge in [-0.2, -0.15) is 0 Å². The van der Waals surface area contributed by atoms with Crippen molar-refractivity contribution in [2.24, 2.45) is 0 Å². The van der Waals surface area contributed by atoms with Crippen LogP contribution >= 0.6 is 11.6 Å². The highest BCUT2D eigenvalue weighted by atomic mass is 35.5. The number of likely N-dealkylation sites (N-methyl/N-ethyl adjacent to an activating group) is 1. The van der Waals surface area contributed by atoms with Crippen LogP contribution in [0.4, 0.5) is 5.69 Å². The zero-order chi connectivity index (χ0) is 12.0. The summed E-state index contributed by atoms with van der Waals surface area (Å²) in [6.45, 7) is 2.95. The van der Waals surface area contributed by atoms with Crippen LogP contribution in [0.3, 0.4) is 0 Å². The minimum Gasteiger partial charge on any atom is -0.497 e. The van der Waals surface area contributed by atoms with E-state index in [-0.39, 0.29) is 12.5 Å². The van der Waals surface area contributed by atoms with E-state index >= 15 is 0 Å². The number of carbonyl (C=O) groups excluding carboxylic acids is 1. The number of hydrogen-bond acceptors (Lipinski definition) is 3. The molecule has 0 aliphatic rings. The standard InChI is InChI=1S/C11H15ClN2O2/c1-3-13-7-11(15)14-10-6-8(16-2)4-5-9(10)12/h4-6,13H,3,7H2,1-2H3,(H,14,15). The third-order valence-electron chi connectivity index (χ3n) is 1.98. The molecule has 0 fully saturated rings. The fourth-order valence-electron chi connectivity index (χ4n) is 1.16. The summed E-state index contributed by atoms with van der Waals surface area (Å²) in [5.41, 5.74) is 0.559. The third-order valence-corrected chi connectivity index (χ3v) is 2.31. The molecule has 4 nitrogen and oxygen atoms in total. The number of anilines is 1. The van der Waals surface area contributed by atoms with Gasteiger partial charge in [-0.1, -0.05) is 18.5 Å². The van der Waals surface area contributed by atoms with Crippen molar-refractivity contribution in [2.75, 3.05) is 25.5 Å². The number of methoxy groups -OCH3 is 1. The Kier molecular flexibility index (Phi) is 5.08. The summed E-state index contributed by atoms with van der Waals surface area (Å²) < 4.78 is 5.05. The smallest absolute Gasteiger partial charge is 0.238 e. The molecule has 2 N–H and O–H groups in total. The topological polar surface area (TPSA) is 50.4 Å². The lowest BCUT2D eigenvalue weighted by atomic mass is 10.3. The van der Waals surface area contributed by atoms with Crippen molar-refractivity contribution >= 4 is 23.2 Å². The summed E-state index contributed by atoms with van der Waals surface area (Å²) in [6.07, 6.45) is 0. The first-order valence-corrected chi connectivity index (χ1v) is 5.39. The van der Waals surface area contributed by atoms with Crippen molar-refractivity contribution < 1.29 is 9.53 Å². The minimum atomic E-state index is -0.128. The molecule has 5 heteroatoms. The Labute approximate surface area is 99.9 Å². The summed E-state index contributed by atoms with van der Waals surface area (Å²) in [5.74, 6) is 0.528. The lowest BCUT2D eigenvalue weighted by molar-refractivity contribution is -0.115. The quantitative estimate of drug-likeness (QED) is 0.829. The average molecular weight is 243 g/mol. The van der Waals surface area contributed by atoms with Gasteiger partial charge in [0.1, 0.15) is 5.75 Å². The number of hydrogen-bond donors (Lipinski definition) is 2. The molecule has 1 aromatic carbocycles. The Bertz CT molecular complexity index is 369. The van der Waals surface area contributed by atoms with Gasteiger partial charge in [0.15, 0.2) is 0 Å². The molecule has 0 radical (unpaired) electrons. The zero-order valence-electron chi connectivity index (χ0n) is 9.34. The van der Waals surface area contributed by atoms with Gasteiger partial charge in [-0.25, -0.2) is 0 Å². The summed E-state index contributed by atoms with van der Waals surface area (Å²) in [7, 11) is 1.56. The first-order valence-electron chi connectivity index (χ1n) is 5.01. The van der Waals surface area contributed by atoms with Crippen LogP contribution in [-0.2, 0) is 4.79 Å². The summed E-state index contributed by atoms with van der Waals surface area (Å²) in [4.78, 5) is 11.5. The molecule has 0 unspecified atom stereocenters. The van der Waals surface area contributed by atoms with Crippen molar-refractivity contribution in [3.63, 3.8) is 0 Å². The maximum Gasteiger partial charge on any atom is 0.238 e. The van der Waals surface area contributed by atoms with Gasteiger partial charge < -0.3 is 15.4 Å². The van der Waals surface area contributed by atoms with Gasteiger partial charge in [-0.05, 0) is 18.7 Å². The van der Waals surface area contributed by atoms with Crippen LogP contribution in [0, 0.1) is 0 Å². The van der Waals surface area contributed by atoms with E-state index in [1.807, 2.05) is 6.92 Å². The van der Waals surface area contributed by atoms with E-state index in [9.17, 15) is 4.79 Å². The molecule has 0 aliphatic heterocycles. The molecule has 0 saturated heterocycles. The molecule has 0 heterocycles. The van der Waals surface area contributed by atoms with Crippen molar-refractivity contribution in [1.82, 2.24) is 5.32 Å². The van der Waals surface area contributed by atoms with Crippen LogP contribution in [-0.4, -0.2) is 26.1 Å². The molecule has 16 heavy (non-hydrogen) atoms. The maximum atomic E-state index is 11.5. The highest BCUT2D eigenvalue weighted by molar-refractivity contribution is 6.33. The molecule has 1 rings (SSSR count). The van der Waals surface area contributed by atoms with Crippen LogP contribution < -0.4 is 15.4 Å². The Hall–Kier alpha value is -1.26. The first-order chi connectivity index (χ1) is 7.67. The van der Waals surface area contributed by atoms with E-state index in [4.69, 9.17) is 16.3 Å². The molecular weight excluding hydrogens is 228 g/mol. The van der Waals surface area contributed by atoms with Gasteiger partial charge in [0.05, 0.1) is 24.4 Å². The predicted octanol–water partition coefficient (Wildman–Crippen LogP) is 1.90. The van der Waals surface area contributed by atoms with Gasteiger partial charge >= 0.3 is 0 Å². The molecule has 0 aromatic heterocycles. The van der Waals surface area contributed by atoms with Crippen LogP contribution in [0.25, 0.3) is 0 Å². The van der Waals surface area contributed by atoms with E-state index in [0.29, 0.717) is 16.5 Å². The molecule has 0 saturated carbocycles. The molecule has 1 aromatic rings. The Morgan fingerprint density at radius 3 is 2.88 bits per heavy atom. The monoisotopic (exact) mass is 242 g/mol. The number of nitrogens with one attached hydrogen (secondary N) is 2. The zero-order valence-corrected chi connectivity index (χ0v) is 10.1. The van der Waals surface area contributed by atoms with Crippen molar-refractivity contribution in [1.29, 1.82) is 0 Å². The maximum absolute atomic E-state index is 11.5. The van der Waals surface area contributed by atoms with Gasteiger partial charge in [-0.15, -0.1) is 0 Å². The van der Waals surface area contributed by atoms with Crippen molar-refractivity contribution in [2.45, 2.75) is 6.92 Å². The fraction of sp³-hybridized carbons (Fsp3) is 0.364. The Morgan fingerprint density at radius 1 is 1.50 bits per heavy atom. The molecule has 0 spiro atoms. The Morgan fingerprint density at radius 2 is 2.25 bits per heavy atom. The lowest BCUT2D eigenvalue weighted by Crippen LogP contribution is -2.27. The number of rotatable bonds is 5. The molecule has 0 aliphatic carbocycles. The summed E-state index contributed by atoms with van der Waals surface area (Å²) in [5, 5.41) is 6.13. The van der Waals surface area contributed by atoms with Gasteiger partial charge in [0.2, 0.25) is 5.91 Å². The highest BCUT2D eigenvalue weighted by Crippen LogP contribution is 2.26. The van der Waals surface area contributed by atoms with Gasteiger partial charge in [-0.3, -0.25) is 4.79 Å². The summed E-state index contributed by atoms with van der Waals surface area (Å²) >= 11 is 5.94. The second-order valence-electron chi connectivity index (χ2n) is 3.17. The molecular formula is C11H15ClN2O2. The lowest BCUT2D eigenvalue weighted by Gasteiger charge is -2.09. The Balaban J connectivity index is 2.68. The van der Waals surface area contributed by atoms with Gasteiger partial charge in [0.25, 0.3) is 0 Å².